The molecule has 0 fully saturated rings. The molecule has 0 saturated heterocycles. The zero-order valence-corrected chi connectivity index (χ0v) is 15.7. The van der Waals surface area contributed by atoms with Crippen LogP contribution in [0.2, 0.25) is 0 Å². The summed E-state index contributed by atoms with van der Waals surface area (Å²) in [6.07, 6.45) is 1.83. The van der Waals surface area contributed by atoms with Gasteiger partial charge < -0.3 is 28.6 Å². The maximum absolute atomic E-state index is 11.4. The molecule has 0 saturated carbocycles. The molecule has 0 N–H and O–H groups in total. The number of benzene rings is 1. The minimum Gasteiger partial charge on any atom is -0.545 e. The quantitative estimate of drug-likeness (QED) is 0.428. The van der Waals surface area contributed by atoms with Crippen LogP contribution in [-0.4, -0.2) is 22.1 Å². The van der Waals surface area contributed by atoms with Crippen LogP contribution in [0.25, 0.3) is 17.4 Å². The Morgan fingerprint density at radius 2 is 1.93 bits per heavy atom. The van der Waals surface area contributed by atoms with Gasteiger partial charge in [0.2, 0.25) is 5.89 Å². The second-order valence-electron chi connectivity index (χ2n) is 5.73. The minimum absolute atomic E-state index is 0.0644. The topological polar surface area (TPSA) is 132 Å². The van der Waals surface area contributed by atoms with Crippen LogP contribution in [0.3, 0.4) is 0 Å². The third-order valence-corrected chi connectivity index (χ3v) is 4.62. The second-order valence-corrected chi connectivity index (χ2v) is 6.73. The van der Waals surface area contributed by atoms with Crippen molar-refractivity contribution in [3.8, 4) is 11.3 Å². The number of carboxylic acid groups (broad SMARTS) is 2. The van der Waals surface area contributed by atoms with Crippen LogP contribution in [-0.2, 0) is 11.2 Å². The Morgan fingerprint density at radius 1 is 1.14 bits per heavy atom. The SMILES string of the molecule is CCc1nnc(S/C(=C/c2ccc(-c3ccc(C(=O)[O-])cc3C)o2)C(=O)[O-])o1. The number of rotatable bonds is 7. The van der Waals surface area contributed by atoms with Crippen molar-refractivity contribution in [1.82, 2.24) is 10.2 Å². The highest BCUT2D eigenvalue weighted by Crippen LogP contribution is 2.30. The Hall–Kier alpha value is -3.33. The van der Waals surface area contributed by atoms with Crippen LogP contribution < -0.4 is 10.2 Å². The predicted octanol–water partition coefficient (Wildman–Crippen LogP) is 1.45. The normalized spacial score (nSPS) is 11.6. The average molecular weight is 398 g/mol. The van der Waals surface area contributed by atoms with Gasteiger partial charge in [-0.15, -0.1) is 10.2 Å². The van der Waals surface area contributed by atoms with Crippen LogP contribution in [0.4, 0.5) is 0 Å². The van der Waals surface area contributed by atoms with Crippen LogP contribution in [0.15, 0.2) is 49.3 Å². The van der Waals surface area contributed by atoms with Gasteiger partial charge in [-0.3, -0.25) is 0 Å². The van der Waals surface area contributed by atoms with E-state index < -0.39 is 11.9 Å². The third kappa shape index (κ3) is 4.32. The van der Waals surface area contributed by atoms with E-state index in [0.29, 0.717) is 29.2 Å². The summed E-state index contributed by atoms with van der Waals surface area (Å²) in [6.45, 7) is 3.58. The van der Waals surface area contributed by atoms with Gasteiger partial charge >= 0.3 is 0 Å². The zero-order chi connectivity index (χ0) is 20.3. The van der Waals surface area contributed by atoms with Gasteiger partial charge in [0.15, 0.2) is 0 Å². The lowest BCUT2D eigenvalue weighted by atomic mass is 10.0. The first-order chi connectivity index (χ1) is 13.4. The molecule has 2 aromatic heterocycles. The summed E-state index contributed by atoms with van der Waals surface area (Å²) in [5.74, 6) is -1.53. The molecule has 0 aliphatic rings. The number of furan rings is 1. The number of hydrogen-bond donors (Lipinski definition) is 0. The Bertz CT molecular complexity index is 1070. The molecule has 0 radical (unpaired) electrons. The highest BCUT2D eigenvalue weighted by Gasteiger charge is 2.12. The fourth-order valence-corrected chi connectivity index (χ4v) is 3.08. The number of carbonyl (C=O) groups is 2. The molecule has 0 aliphatic heterocycles. The third-order valence-electron chi connectivity index (χ3n) is 3.78. The molecule has 1 aromatic carbocycles. The highest BCUT2D eigenvalue weighted by atomic mass is 32.2. The number of nitrogens with zero attached hydrogens (tertiary/aromatic N) is 2. The Kier molecular flexibility index (Phi) is 5.65. The summed E-state index contributed by atoms with van der Waals surface area (Å²) in [6, 6.07) is 7.75. The van der Waals surface area contributed by atoms with E-state index in [-0.39, 0.29) is 21.5 Å². The molecule has 0 atom stereocenters. The molecule has 3 rings (SSSR count). The largest absolute Gasteiger partial charge is 0.545 e. The van der Waals surface area contributed by atoms with Crippen molar-refractivity contribution in [2.75, 3.05) is 0 Å². The Balaban J connectivity index is 1.86. The molecular formula is C19H14N2O6S-2. The van der Waals surface area contributed by atoms with E-state index in [1.165, 1.54) is 18.2 Å². The molecule has 144 valence electrons. The van der Waals surface area contributed by atoms with E-state index >= 15 is 0 Å². The van der Waals surface area contributed by atoms with Gasteiger partial charge in [0, 0.05) is 16.9 Å². The predicted molar refractivity (Wildman–Crippen MR) is 95.7 cm³/mol. The van der Waals surface area contributed by atoms with Crippen LogP contribution in [0.1, 0.15) is 34.5 Å². The van der Waals surface area contributed by atoms with E-state index in [1.807, 2.05) is 6.92 Å². The van der Waals surface area contributed by atoms with Crippen molar-refractivity contribution in [3.05, 3.63) is 58.0 Å². The molecule has 0 unspecified atom stereocenters. The molecular weight excluding hydrogens is 384 g/mol. The number of carboxylic acids is 2. The van der Waals surface area contributed by atoms with Gasteiger partial charge in [0.25, 0.3) is 5.22 Å². The molecule has 0 spiro atoms. The number of carbonyl (C=O) groups excluding carboxylic acids is 2. The summed E-state index contributed by atoms with van der Waals surface area (Å²) in [5.41, 5.74) is 1.42. The summed E-state index contributed by atoms with van der Waals surface area (Å²) in [4.78, 5) is 22.2. The second kappa shape index (κ2) is 8.13. The molecule has 9 heteroatoms. The number of aryl methyl sites for hydroxylation is 2. The van der Waals surface area contributed by atoms with E-state index in [9.17, 15) is 19.8 Å². The smallest absolute Gasteiger partial charge is 0.281 e. The fraction of sp³-hybridized carbons (Fsp3) is 0.158. The molecule has 0 amide bonds. The minimum atomic E-state index is -1.41. The Labute approximate surface area is 163 Å². The van der Waals surface area contributed by atoms with Gasteiger partial charge in [0.05, 0.1) is 11.9 Å². The van der Waals surface area contributed by atoms with Crippen molar-refractivity contribution >= 4 is 29.8 Å². The lowest BCUT2D eigenvalue weighted by molar-refractivity contribution is -0.298. The van der Waals surface area contributed by atoms with Crippen molar-refractivity contribution in [2.24, 2.45) is 0 Å². The number of aliphatic carboxylic acids is 1. The summed E-state index contributed by atoms with van der Waals surface area (Å²) >= 11 is 0.768. The maximum Gasteiger partial charge on any atom is 0.281 e. The first-order valence-corrected chi connectivity index (χ1v) is 9.04. The van der Waals surface area contributed by atoms with E-state index in [0.717, 1.165) is 11.8 Å². The van der Waals surface area contributed by atoms with Gasteiger partial charge in [-0.05, 0) is 54.1 Å². The molecule has 0 aliphatic carbocycles. The van der Waals surface area contributed by atoms with Crippen LogP contribution in [0, 0.1) is 6.92 Å². The van der Waals surface area contributed by atoms with Gasteiger partial charge in [-0.1, -0.05) is 19.1 Å². The first kappa shape index (κ1) is 19.4. The molecule has 0 bridgehead atoms. The highest BCUT2D eigenvalue weighted by molar-refractivity contribution is 8.03. The average Bonchev–Trinajstić information content (AvgIpc) is 3.30. The van der Waals surface area contributed by atoms with Crippen molar-refractivity contribution in [2.45, 2.75) is 25.5 Å². The van der Waals surface area contributed by atoms with Crippen LogP contribution in [0.5, 0.6) is 0 Å². The first-order valence-electron chi connectivity index (χ1n) is 8.23. The standard InChI is InChI=1S/C19H16N2O6S/c1-3-16-20-21-19(27-16)28-15(18(24)25)9-12-5-7-14(26-12)13-6-4-11(17(22)23)8-10(13)2/h4-9H,3H2,1-2H3,(H,22,23)(H,24,25)/p-2/b15-9+. The van der Waals surface area contributed by atoms with Gasteiger partial charge in [-0.2, -0.15) is 0 Å². The van der Waals surface area contributed by atoms with Crippen molar-refractivity contribution < 1.29 is 28.6 Å². The lowest BCUT2D eigenvalue weighted by Gasteiger charge is -2.07. The number of thioether (sulfide) groups is 1. The van der Waals surface area contributed by atoms with E-state index in [1.54, 1.807) is 25.1 Å². The molecule has 28 heavy (non-hydrogen) atoms. The molecule has 3 aromatic rings. The molecule has 2 heterocycles. The van der Waals surface area contributed by atoms with E-state index in [2.05, 4.69) is 10.2 Å². The summed E-state index contributed by atoms with van der Waals surface area (Å²) in [7, 11) is 0. The van der Waals surface area contributed by atoms with Crippen LogP contribution >= 0.6 is 11.8 Å². The van der Waals surface area contributed by atoms with Crippen molar-refractivity contribution in [1.29, 1.82) is 0 Å². The number of aromatic carboxylic acids is 1. The zero-order valence-electron chi connectivity index (χ0n) is 14.9. The molecule has 8 nitrogen and oxygen atoms in total. The Morgan fingerprint density at radius 3 is 2.54 bits per heavy atom. The summed E-state index contributed by atoms with van der Waals surface area (Å²) < 4.78 is 11.0. The summed E-state index contributed by atoms with van der Waals surface area (Å²) in [5, 5.41) is 30.0. The maximum atomic E-state index is 11.4. The van der Waals surface area contributed by atoms with Gasteiger partial charge in [-0.25, -0.2) is 0 Å². The van der Waals surface area contributed by atoms with Crippen molar-refractivity contribution in [3.63, 3.8) is 0 Å². The fourth-order valence-electron chi connectivity index (χ4n) is 2.42. The number of hydrogen-bond acceptors (Lipinski definition) is 9. The number of aromatic nitrogens is 2. The van der Waals surface area contributed by atoms with Gasteiger partial charge in [0.1, 0.15) is 11.5 Å². The van der Waals surface area contributed by atoms with E-state index in [4.69, 9.17) is 8.83 Å². The lowest BCUT2D eigenvalue weighted by Crippen LogP contribution is -2.22. The monoisotopic (exact) mass is 398 g/mol.